The topological polar surface area (TPSA) is 92.5 Å². The quantitative estimate of drug-likeness (QED) is 0.314. The van der Waals surface area contributed by atoms with E-state index >= 15 is 0 Å². The average Bonchev–Trinajstić information content (AvgIpc) is 2.80. The van der Waals surface area contributed by atoms with E-state index in [2.05, 4.69) is 26.2 Å². The lowest BCUT2D eigenvalue weighted by Gasteiger charge is -2.36. The third-order valence-electron chi connectivity index (χ3n) is 5.34. The third-order valence-corrected chi connectivity index (χ3v) is 5.34. The summed E-state index contributed by atoms with van der Waals surface area (Å²) in [6, 6.07) is 12.6. The van der Waals surface area contributed by atoms with Gasteiger partial charge in [0.05, 0.1) is 19.1 Å². The van der Waals surface area contributed by atoms with Crippen LogP contribution in [-0.4, -0.2) is 68.1 Å². The van der Waals surface area contributed by atoms with Gasteiger partial charge in [0.1, 0.15) is 0 Å². The maximum atomic E-state index is 10.8. The Labute approximate surface area is 182 Å². The van der Waals surface area contributed by atoms with Crippen molar-refractivity contribution in [1.29, 1.82) is 0 Å². The van der Waals surface area contributed by atoms with Crippen LogP contribution in [0, 0.1) is 10.1 Å². The zero-order valence-corrected chi connectivity index (χ0v) is 18.2. The summed E-state index contributed by atoms with van der Waals surface area (Å²) < 4.78 is 10.7. The predicted molar refractivity (Wildman–Crippen MR) is 120 cm³/mol. The van der Waals surface area contributed by atoms with Gasteiger partial charge in [-0.05, 0) is 23.3 Å². The van der Waals surface area contributed by atoms with E-state index in [-0.39, 0.29) is 5.69 Å². The highest BCUT2D eigenvalue weighted by molar-refractivity contribution is 5.80. The van der Waals surface area contributed by atoms with Crippen molar-refractivity contribution in [3.05, 3.63) is 63.7 Å². The van der Waals surface area contributed by atoms with Crippen molar-refractivity contribution in [1.82, 2.24) is 15.1 Å². The number of benzene rings is 2. The van der Waals surface area contributed by atoms with Crippen LogP contribution < -0.4 is 14.8 Å². The van der Waals surface area contributed by atoms with Gasteiger partial charge in [0.25, 0.3) is 5.69 Å². The molecule has 1 aliphatic heterocycles. The number of rotatable bonds is 7. The van der Waals surface area contributed by atoms with Gasteiger partial charge in [0.2, 0.25) is 0 Å². The molecule has 166 valence electrons. The minimum atomic E-state index is -0.391. The second-order valence-corrected chi connectivity index (χ2v) is 7.28. The molecule has 1 heterocycles. The van der Waals surface area contributed by atoms with E-state index in [4.69, 9.17) is 9.47 Å². The second kappa shape index (κ2) is 10.6. The SMILES string of the molecule is CN=C(NCc1ccc([N+](=O)[O-])cc1)N1CCN(Cc2ccc(OC)c(OC)c2)CC1. The standard InChI is InChI=1S/C22H29N5O4/c1-23-22(24-15-17-4-7-19(8-5-17)27(28)29)26-12-10-25(11-13-26)16-18-6-9-20(30-2)21(14-18)31-3/h4-9,14H,10-13,15-16H2,1-3H3,(H,23,24). The van der Waals surface area contributed by atoms with Crippen LogP contribution in [0.3, 0.4) is 0 Å². The molecule has 31 heavy (non-hydrogen) atoms. The van der Waals surface area contributed by atoms with E-state index in [1.165, 1.54) is 17.7 Å². The molecule has 1 N–H and O–H groups in total. The number of nitro groups is 1. The van der Waals surface area contributed by atoms with Crippen LogP contribution in [0.25, 0.3) is 0 Å². The Morgan fingerprint density at radius 2 is 1.68 bits per heavy atom. The highest BCUT2D eigenvalue weighted by Crippen LogP contribution is 2.28. The Bertz CT molecular complexity index is 909. The van der Waals surface area contributed by atoms with Crippen LogP contribution in [0.2, 0.25) is 0 Å². The summed E-state index contributed by atoms with van der Waals surface area (Å²) in [5, 5.41) is 14.1. The number of nitro benzene ring substituents is 1. The van der Waals surface area contributed by atoms with Gasteiger partial charge in [-0.2, -0.15) is 0 Å². The summed E-state index contributed by atoms with van der Waals surface area (Å²) >= 11 is 0. The molecule has 0 bridgehead atoms. The van der Waals surface area contributed by atoms with Gasteiger partial charge in [0, 0.05) is 58.4 Å². The van der Waals surface area contributed by atoms with Crippen molar-refractivity contribution >= 4 is 11.6 Å². The van der Waals surface area contributed by atoms with Gasteiger partial charge in [-0.15, -0.1) is 0 Å². The van der Waals surface area contributed by atoms with Gasteiger partial charge in [-0.25, -0.2) is 0 Å². The zero-order valence-electron chi connectivity index (χ0n) is 18.2. The Hall–Kier alpha value is -3.33. The van der Waals surface area contributed by atoms with Crippen LogP contribution >= 0.6 is 0 Å². The summed E-state index contributed by atoms with van der Waals surface area (Å²) in [5.74, 6) is 2.32. The fourth-order valence-electron chi connectivity index (χ4n) is 3.60. The van der Waals surface area contributed by atoms with Crippen molar-refractivity contribution in [3.8, 4) is 11.5 Å². The molecule has 0 aliphatic carbocycles. The lowest BCUT2D eigenvalue weighted by atomic mass is 10.1. The molecule has 0 saturated carbocycles. The molecule has 0 amide bonds. The molecule has 2 aromatic rings. The van der Waals surface area contributed by atoms with Gasteiger partial charge in [0.15, 0.2) is 17.5 Å². The summed E-state index contributed by atoms with van der Waals surface area (Å²) in [6.07, 6.45) is 0. The predicted octanol–water partition coefficient (Wildman–Crippen LogP) is 2.51. The van der Waals surface area contributed by atoms with E-state index in [0.29, 0.717) is 6.54 Å². The first-order valence-electron chi connectivity index (χ1n) is 10.2. The minimum Gasteiger partial charge on any atom is -0.493 e. The van der Waals surface area contributed by atoms with Gasteiger partial charge in [-0.3, -0.25) is 20.0 Å². The van der Waals surface area contributed by atoms with Crippen molar-refractivity contribution in [2.24, 2.45) is 4.99 Å². The molecule has 3 rings (SSSR count). The number of nitrogens with zero attached hydrogens (tertiary/aromatic N) is 4. The van der Waals surface area contributed by atoms with Crippen LogP contribution in [0.1, 0.15) is 11.1 Å². The minimum absolute atomic E-state index is 0.0960. The normalized spacial score (nSPS) is 14.9. The first kappa shape index (κ1) is 22.4. The largest absolute Gasteiger partial charge is 0.493 e. The number of nitrogens with one attached hydrogen (secondary N) is 1. The molecule has 0 atom stereocenters. The molecule has 0 spiro atoms. The highest BCUT2D eigenvalue weighted by atomic mass is 16.6. The number of ether oxygens (including phenoxy) is 2. The fourth-order valence-corrected chi connectivity index (χ4v) is 3.60. The van der Waals surface area contributed by atoms with Crippen molar-refractivity contribution in [2.45, 2.75) is 13.1 Å². The van der Waals surface area contributed by atoms with Crippen LogP contribution in [0.15, 0.2) is 47.5 Å². The molecule has 9 heteroatoms. The Balaban J connectivity index is 1.50. The van der Waals surface area contributed by atoms with Crippen molar-refractivity contribution in [2.75, 3.05) is 47.4 Å². The lowest BCUT2D eigenvalue weighted by Crippen LogP contribution is -2.52. The summed E-state index contributed by atoms with van der Waals surface area (Å²) in [4.78, 5) is 19.4. The number of non-ortho nitro benzene ring substituents is 1. The van der Waals surface area contributed by atoms with E-state index in [1.807, 2.05) is 12.1 Å². The van der Waals surface area contributed by atoms with Crippen LogP contribution in [0.4, 0.5) is 5.69 Å². The van der Waals surface area contributed by atoms with Crippen molar-refractivity contribution in [3.63, 3.8) is 0 Å². The van der Waals surface area contributed by atoms with E-state index in [9.17, 15) is 10.1 Å². The Morgan fingerprint density at radius 3 is 2.26 bits per heavy atom. The monoisotopic (exact) mass is 427 g/mol. The maximum Gasteiger partial charge on any atom is 0.269 e. The molecular formula is C22H29N5O4. The molecule has 0 radical (unpaired) electrons. The van der Waals surface area contributed by atoms with E-state index < -0.39 is 4.92 Å². The van der Waals surface area contributed by atoms with Crippen molar-refractivity contribution < 1.29 is 14.4 Å². The summed E-state index contributed by atoms with van der Waals surface area (Å²) in [6.45, 7) is 5.00. The Kier molecular flexibility index (Phi) is 7.66. The first-order chi connectivity index (χ1) is 15.0. The lowest BCUT2D eigenvalue weighted by molar-refractivity contribution is -0.384. The number of piperazine rings is 1. The number of aliphatic imine (C=N–C) groups is 1. The molecule has 1 aliphatic rings. The molecule has 1 saturated heterocycles. The van der Waals surface area contributed by atoms with E-state index in [1.54, 1.807) is 33.4 Å². The zero-order chi connectivity index (χ0) is 22.2. The molecule has 2 aromatic carbocycles. The molecule has 1 fully saturated rings. The summed E-state index contributed by atoms with van der Waals surface area (Å²) in [7, 11) is 5.06. The molecule has 0 unspecified atom stereocenters. The summed E-state index contributed by atoms with van der Waals surface area (Å²) in [5.41, 5.74) is 2.25. The molecule has 0 aromatic heterocycles. The first-order valence-corrected chi connectivity index (χ1v) is 10.2. The Morgan fingerprint density at radius 1 is 1.03 bits per heavy atom. The van der Waals surface area contributed by atoms with Gasteiger partial charge < -0.3 is 19.7 Å². The van der Waals surface area contributed by atoms with Gasteiger partial charge in [-0.1, -0.05) is 18.2 Å². The number of hydrogen-bond acceptors (Lipinski definition) is 6. The third kappa shape index (κ3) is 5.85. The number of methoxy groups -OCH3 is 2. The van der Waals surface area contributed by atoms with E-state index in [0.717, 1.165) is 55.7 Å². The number of guanidine groups is 1. The number of hydrogen-bond donors (Lipinski definition) is 1. The highest BCUT2D eigenvalue weighted by Gasteiger charge is 2.20. The van der Waals surface area contributed by atoms with Crippen LogP contribution in [0.5, 0.6) is 11.5 Å². The van der Waals surface area contributed by atoms with Gasteiger partial charge >= 0.3 is 0 Å². The molecular weight excluding hydrogens is 398 g/mol. The second-order valence-electron chi connectivity index (χ2n) is 7.28. The smallest absolute Gasteiger partial charge is 0.269 e. The average molecular weight is 428 g/mol. The molecule has 9 nitrogen and oxygen atoms in total. The fraction of sp³-hybridized carbons (Fsp3) is 0.409. The van der Waals surface area contributed by atoms with Crippen LogP contribution in [-0.2, 0) is 13.1 Å². The maximum absolute atomic E-state index is 10.8.